The fraction of sp³-hybridized carbons (Fsp3) is 0.227. The number of aromatic nitrogens is 1. The molecule has 3 rings (SSSR count). The van der Waals surface area contributed by atoms with E-state index in [0.29, 0.717) is 23.7 Å². The van der Waals surface area contributed by atoms with Crippen molar-refractivity contribution in [2.75, 3.05) is 12.4 Å². The molecule has 0 fully saturated rings. The van der Waals surface area contributed by atoms with Crippen LogP contribution in [0.5, 0.6) is 5.75 Å². The molecule has 0 unspecified atom stereocenters. The third-order valence-corrected chi connectivity index (χ3v) is 4.57. The Hall–Kier alpha value is -3.08. The van der Waals surface area contributed by atoms with Gasteiger partial charge in [0.1, 0.15) is 17.3 Å². The van der Waals surface area contributed by atoms with E-state index in [0.717, 1.165) is 22.4 Å². The van der Waals surface area contributed by atoms with Gasteiger partial charge in [-0.1, -0.05) is 18.2 Å². The molecule has 4 nitrogen and oxygen atoms in total. The molecule has 0 aliphatic carbocycles. The van der Waals surface area contributed by atoms with Crippen molar-refractivity contribution in [2.45, 2.75) is 27.3 Å². The number of carbonyl (C=O) groups is 1. The lowest BCUT2D eigenvalue weighted by Gasteiger charge is -2.15. The minimum absolute atomic E-state index is 0.202. The summed E-state index contributed by atoms with van der Waals surface area (Å²) >= 11 is 0. The van der Waals surface area contributed by atoms with E-state index in [4.69, 9.17) is 4.74 Å². The van der Waals surface area contributed by atoms with Gasteiger partial charge < -0.3 is 14.6 Å². The van der Waals surface area contributed by atoms with Crippen molar-refractivity contribution in [1.82, 2.24) is 4.57 Å². The molecule has 1 N–H and O–H groups in total. The highest BCUT2D eigenvalue weighted by atomic mass is 19.1. The standard InChI is InChI=1S/C22H23FN2O2/c1-14-5-10-20(27-4)19(11-14)24-22(26)21-15(2)12-16(3)25(21)13-17-6-8-18(23)9-7-17/h5-12H,13H2,1-4H3,(H,24,26). The van der Waals surface area contributed by atoms with Crippen molar-refractivity contribution in [3.05, 3.63) is 82.4 Å². The Kier molecular flexibility index (Phi) is 5.31. The van der Waals surface area contributed by atoms with E-state index < -0.39 is 0 Å². The number of ether oxygens (including phenoxy) is 1. The Labute approximate surface area is 158 Å². The van der Waals surface area contributed by atoms with E-state index in [9.17, 15) is 9.18 Å². The van der Waals surface area contributed by atoms with Crippen LogP contribution in [0.15, 0.2) is 48.5 Å². The maximum Gasteiger partial charge on any atom is 0.272 e. The Morgan fingerprint density at radius 3 is 2.44 bits per heavy atom. The molecule has 0 radical (unpaired) electrons. The highest BCUT2D eigenvalue weighted by Gasteiger charge is 2.19. The van der Waals surface area contributed by atoms with Crippen LogP contribution in [-0.4, -0.2) is 17.6 Å². The van der Waals surface area contributed by atoms with Gasteiger partial charge in [0.05, 0.1) is 12.8 Å². The first-order valence-electron chi connectivity index (χ1n) is 8.76. The van der Waals surface area contributed by atoms with Gasteiger partial charge in [0.25, 0.3) is 5.91 Å². The molecule has 0 atom stereocenters. The lowest BCUT2D eigenvalue weighted by Crippen LogP contribution is -2.19. The number of hydrogen-bond donors (Lipinski definition) is 1. The largest absolute Gasteiger partial charge is 0.495 e. The third kappa shape index (κ3) is 4.03. The highest BCUT2D eigenvalue weighted by molar-refractivity contribution is 6.05. The Balaban J connectivity index is 1.93. The van der Waals surface area contributed by atoms with Crippen LogP contribution in [0.2, 0.25) is 0 Å². The van der Waals surface area contributed by atoms with Gasteiger partial charge in [0, 0.05) is 12.2 Å². The number of halogens is 1. The first-order chi connectivity index (χ1) is 12.9. The number of nitrogens with zero attached hydrogens (tertiary/aromatic N) is 1. The zero-order valence-corrected chi connectivity index (χ0v) is 16.0. The molecule has 140 valence electrons. The molecule has 0 bridgehead atoms. The van der Waals surface area contributed by atoms with Crippen LogP contribution in [0.1, 0.15) is 32.9 Å². The predicted octanol–water partition coefficient (Wildman–Crippen LogP) is 4.86. The second-order valence-corrected chi connectivity index (χ2v) is 6.69. The van der Waals surface area contributed by atoms with Gasteiger partial charge in [-0.05, 0) is 67.8 Å². The van der Waals surface area contributed by atoms with Crippen LogP contribution in [0.4, 0.5) is 10.1 Å². The average molecular weight is 366 g/mol. The van der Waals surface area contributed by atoms with Gasteiger partial charge >= 0.3 is 0 Å². The molecule has 0 aliphatic rings. The number of rotatable bonds is 5. The van der Waals surface area contributed by atoms with Crippen molar-refractivity contribution in [3.63, 3.8) is 0 Å². The summed E-state index contributed by atoms with van der Waals surface area (Å²) in [4.78, 5) is 13.0. The van der Waals surface area contributed by atoms with Crippen LogP contribution >= 0.6 is 0 Å². The monoisotopic (exact) mass is 366 g/mol. The lowest BCUT2D eigenvalue weighted by atomic mass is 10.2. The van der Waals surface area contributed by atoms with Crippen molar-refractivity contribution < 1.29 is 13.9 Å². The van der Waals surface area contributed by atoms with E-state index >= 15 is 0 Å². The molecule has 1 aromatic heterocycles. The van der Waals surface area contributed by atoms with E-state index in [2.05, 4.69) is 5.32 Å². The van der Waals surface area contributed by atoms with Crippen molar-refractivity contribution in [1.29, 1.82) is 0 Å². The molecule has 0 saturated carbocycles. The molecule has 1 heterocycles. The van der Waals surface area contributed by atoms with Gasteiger partial charge in [0.2, 0.25) is 0 Å². The zero-order valence-electron chi connectivity index (χ0n) is 16.0. The molecule has 0 spiro atoms. The third-order valence-electron chi connectivity index (χ3n) is 4.57. The highest BCUT2D eigenvalue weighted by Crippen LogP contribution is 2.27. The van der Waals surface area contributed by atoms with Crippen molar-refractivity contribution in [3.8, 4) is 5.75 Å². The number of nitrogens with one attached hydrogen (secondary N) is 1. The Morgan fingerprint density at radius 2 is 1.78 bits per heavy atom. The van der Waals surface area contributed by atoms with Crippen LogP contribution in [0, 0.1) is 26.6 Å². The van der Waals surface area contributed by atoms with E-state index in [-0.39, 0.29) is 11.7 Å². The normalized spacial score (nSPS) is 10.7. The summed E-state index contributed by atoms with van der Waals surface area (Å²) in [5.41, 5.74) is 5.03. The lowest BCUT2D eigenvalue weighted by molar-refractivity contribution is 0.101. The van der Waals surface area contributed by atoms with Crippen LogP contribution in [0.3, 0.4) is 0 Å². The SMILES string of the molecule is COc1ccc(C)cc1NC(=O)c1c(C)cc(C)n1Cc1ccc(F)cc1. The van der Waals surface area contributed by atoms with Gasteiger partial charge in [-0.15, -0.1) is 0 Å². The minimum atomic E-state index is -0.274. The Morgan fingerprint density at radius 1 is 1.07 bits per heavy atom. The summed E-state index contributed by atoms with van der Waals surface area (Å²) in [6.45, 7) is 6.33. The van der Waals surface area contributed by atoms with Crippen molar-refractivity contribution in [2.24, 2.45) is 0 Å². The number of hydrogen-bond acceptors (Lipinski definition) is 2. The molecular weight excluding hydrogens is 343 g/mol. The summed E-state index contributed by atoms with van der Waals surface area (Å²) in [5.74, 6) is 0.134. The maximum atomic E-state index is 13.2. The van der Waals surface area contributed by atoms with Crippen LogP contribution in [-0.2, 0) is 6.54 Å². The number of amides is 1. The summed E-state index contributed by atoms with van der Waals surface area (Å²) in [6.07, 6.45) is 0. The molecule has 3 aromatic rings. The molecule has 1 amide bonds. The molecule has 0 saturated heterocycles. The average Bonchev–Trinajstić information content (AvgIpc) is 2.90. The zero-order chi connectivity index (χ0) is 19.6. The van der Waals surface area contributed by atoms with E-state index in [1.807, 2.05) is 49.6 Å². The molecule has 0 aliphatic heterocycles. The second kappa shape index (κ2) is 7.66. The summed E-state index contributed by atoms with van der Waals surface area (Å²) < 4.78 is 20.5. The summed E-state index contributed by atoms with van der Waals surface area (Å²) in [7, 11) is 1.58. The first kappa shape index (κ1) is 18.7. The fourth-order valence-electron chi connectivity index (χ4n) is 3.23. The number of anilines is 1. The number of benzene rings is 2. The van der Waals surface area contributed by atoms with E-state index in [1.54, 1.807) is 19.2 Å². The molecule has 5 heteroatoms. The number of methoxy groups -OCH3 is 1. The van der Waals surface area contributed by atoms with Gasteiger partial charge in [-0.25, -0.2) is 4.39 Å². The fourth-order valence-corrected chi connectivity index (χ4v) is 3.23. The summed E-state index contributed by atoms with van der Waals surface area (Å²) in [6, 6.07) is 13.9. The topological polar surface area (TPSA) is 43.3 Å². The van der Waals surface area contributed by atoms with Gasteiger partial charge in [-0.3, -0.25) is 4.79 Å². The van der Waals surface area contributed by atoms with Gasteiger partial charge in [0.15, 0.2) is 0 Å². The smallest absolute Gasteiger partial charge is 0.272 e. The minimum Gasteiger partial charge on any atom is -0.495 e. The van der Waals surface area contributed by atoms with Crippen LogP contribution in [0.25, 0.3) is 0 Å². The molecule has 27 heavy (non-hydrogen) atoms. The molecular formula is C22H23FN2O2. The van der Waals surface area contributed by atoms with E-state index in [1.165, 1.54) is 12.1 Å². The van der Waals surface area contributed by atoms with Crippen molar-refractivity contribution >= 4 is 11.6 Å². The summed E-state index contributed by atoms with van der Waals surface area (Å²) in [5, 5.41) is 2.96. The Bertz CT molecular complexity index is 975. The molecule has 2 aromatic carbocycles. The van der Waals surface area contributed by atoms with Crippen LogP contribution < -0.4 is 10.1 Å². The number of aryl methyl sites for hydroxylation is 3. The quantitative estimate of drug-likeness (QED) is 0.701. The first-order valence-corrected chi connectivity index (χ1v) is 8.76. The number of carbonyl (C=O) groups excluding carboxylic acids is 1. The maximum absolute atomic E-state index is 13.2. The second-order valence-electron chi connectivity index (χ2n) is 6.69. The predicted molar refractivity (Wildman–Crippen MR) is 105 cm³/mol. The van der Waals surface area contributed by atoms with Gasteiger partial charge in [-0.2, -0.15) is 0 Å².